The molecule has 0 aromatic carbocycles. The van der Waals surface area contributed by atoms with Crippen molar-refractivity contribution in [3.05, 3.63) is 0 Å². The first-order chi connectivity index (χ1) is 6.88. The summed E-state index contributed by atoms with van der Waals surface area (Å²) in [6.45, 7) is 0. The maximum Gasteiger partial charge on any atom is 0.264 e. The minimum Gasteiger partial charge on any atom is -0.286 e. The van der Waals surface area contributed by atoms with Gasteiger partial charge in [-0.15, -0.1) is 5.10 Å². The van der Waals surface area contributed by atoms with E-state index in [0.29, 0.717) is 11.8 Å². The molecule has 0 bridgehead atoms. The Labute approximate surface area is 88.8 Å². The number of nitrogens with one attached hydrogen (secondary N) is 1. The van der Waals surface area contributed by atoms with E-state index < -0.39 is 15.9 Å². The van der Waals surface area contributed by atoms with Gasteiger partial charge in [0.15, 0.2) is 0 Å². The second-order valence-electron chi connectivity index (χ2n) is 2.74. The summed E-state index contributed by atoms with van der Waals surface area (Å²) in [5, 5.41) is 16.9. The Kier molecular flexibility index (Phi) is 2.13. The van der Waals surface area contributed by atoms with E-state index in [1.165, 1.54) is 0 Å². The molecule has 0 atom stereocenters. The number of amidine groups is 2. The average molecular weight is 247 g/mol. The number of carbonyl (C=O) groups is 1. The molecule has 0 spiro atoms. The van der Waals surface area contributed by atoms with Crippen molar-refractivity contribution in [2.45, 2.75) is 6.42 Å². The Bertz CT molecular complexity index is 519. The number of hydrogen-bond donors (Lipinski definition) is 2. The largest absolute Gasteiger partial charge is 0.286 e. The Morgan fingerprint density at radius 2 is 2.20 bits per heavy atom. The summed E-state index contributed by atoms with van der Waals surface area (Å²) in [5.74, 6) is -0.610. The molecular weight excluding hydrogens is 242 g/mol. The number of aliphatic imine (C=N–C) groups is 1. The van der Waals surface area contributed by atoms with Crippen molar-refractivity contribution in [3.8, 4) is 0 Å². The minimum atomic E-state index is -3.92. The predicted octanol–water partition coefficient (Wildman–Crippen LogP) is -1.14. The molecule has 10 heteroatoms. The van der Waals surface area contributed by atoms with Gasteiger partial charge in [-0.2, -0.15) is 10.0 Å². The number of sulfonamides is 1. The van der Waals surface area contributed by atoms with Crippen molar-refractivity contribution in [2.24, 2.45) is 15.2 Å². The SMILES string of the molecule is N=C1CC(=O)N=C2SC(S(N)(=O)=O)=NN12. The van der Waals surface area contributed by atoms with Gasteiger partial charge in [-0.3, -0.25) is 10.2 Å². The van der Waals surface area contributed by atoms with Crippen LogP contribution in [0.2, 0.25) is 0 Å². The van der Waals surface area contributed by atoms with E-state index in [-0.39, 0.29) is 21.8 Å². The molecule has 15 heavy (non-hydrogen) atoms. The fourth-order valence-electron chi connectivity index (χ4n) is 0.991. The molecule has 0 unspecified atom stereocenters. The molecule has 8 nitrogen and oxygen atoms in total. The molecule has 80 valence electrons. The van der Waals surface area contributed by atoms with Crippen molar-refractivity contribution in [3.63, 3.8) is 0 Å². The molecule has 0 saturated heterocycles. The van der Waals surface area contributed by atoms with Gasteiger partial charge in [-0.25, -0.2) is 13.6 Å². The van der Waals surface area contributed by atoms with E-state index in [9.17, 15) is 13.2 Å². The second-order valence-corrected chi connectivity index (χ2v) is 5.43. The molecule has 2 heterocycles. The molecule has 3 N–H and O–H groups in total. The van der Waals surface area contributed by atoms with Gasteiger partial charge in [0.1, 0.15) is 5.84 Å². The van der Waals surface area contributed by atoms with E-state index in [0.717, 1.165) is 5.01 Å². The lowest BCUT2D eigenvalue weighted by molar-refractivity contribution is -0.117. The minimum absolute atomic E-state index is 0.0558. The van der Waals surface area contributed by atoms with Gasteiger partial charge in [0.25, 0.3) is 15.9 Å². The van der Waals surface area contributed by atoms with Crippen LogP contribution < -0.4 is 5.14 Å². The number of fused-ring (bicyclic) bond motifs is 1. The van der Waals surface area contributed by atoms with Crippen molar-refractivity contribution in [2.75, 3.05) is 0 Å². The third kappa shape index (κ3) is 1.78. The zero-order valence-corrected chi connectivity index (χ0v) is 8.80. The van der Waals surface area contributed by atoms with Crippen molar-refractivity contribution >= 4 is 43.1 Å². The van der Waals surface area contributed by atoms with Crippen LogP contribution in [0.5, 0.6) is 0 Å². The van der Waals surface area contributed by atoms with Crippen LogP contribution in [0.25, 0.3) is 0 Å². The van der Waals surface area contributed by atoms with Crippen molar-refractivity contribution in [1.29, 1.82) is 5.41 Å². The first-order valence-electron chi connectivity index (χ1n) is 3.66. The first-order valence-corrected chi connectivity index (χ1v) is 6.02. The monoisotopic (exact) mass is 247 g/mol. The van der Waals surface area contributed by atoms with Crippen LogP contribution in [0, 0.1) is 5.41 Å². The fraction of sp³-hybridized carbons (Fsp3) is 0.200. The molecule has 0 aliphatic carbocycles. The number of amides is 1. The summed E-state index contributed by atoms with van der Waals surface area (Å²) in [4.78, 5) is 14.5. The zero-order chi connectivity index (χ0) is 11.2. The molecule has 0 saturated carbocycles. The van der Waals surface area contributed by atoms with Gasteiger partial charge >= 0.3 is 0 Å². The van der Waals surface area contributed by atoms with E-state index in [1.807, 2.05) is 0 Å². The molecule has 0 fully saturated rings. The topological polar surface area (TPSA) is 129 Å². The van der Waals surface area contributed by atoms with Crippen LogP contribution in [-0.2, 0) is 14.8 Å². The highest BCUT2D eigenvalue weighted by molar-refractivity contribution is 8.42. The van der Waals surface area contributed by atoms with Gasteiger partial charge in [-0.1, -0.05) is 0 Å². The summed E-state index contributed by atoms with van der Waals surface area (Å²) in [6, 6.07) is 0. The third-order valence-corrected chi connectivity index (χ3v) is 3.80. The third-order valence-electron chi connectivity index (χ3n) is 1.58. The normalized spacial score (nSPS) is 21.3. The van der Waals surface area contributed by atoms with E-state index >= 15 is 0 Å². The van der Waals surface area contributed by atoms with Gasteiger partial charge in [0.05, 0.1) is 6.42 Å². The fourth-order valence-corrected chi connectivity index (χ4v) is 2.54. The Balaban J connectivity index is 2.43. The summed E-state index contributed by atoms with van der Waals surface area (Å²) < 4.78 is 21.5. The van der Waals surface area contributed by atoms with Crippen LogP contribution in [-0.4, -0.2) is 34.7 Å². The number of hydrogen-bond acceptors (Lipinski definition) is 6. The number of rotatable bonds is 0. The number of primary sulfonamides is 1. The van der Waals surface area contributed by atoms with Crippen LogP contribution in [0.15, 0.2) is 10.1 Å². The molecule has 1 amide bonds. The van der Waals surface area contributed by atoms with E-state index in [2.05, 4.69) is 10.1 Å². The van der Waals surface area contributed by atoms with Crippen LogP contribution >= 0.6 is 11.8 Å². The van der Waals surface area contributed by atoms with Gasteiger partial charge in [0.2, 0.25) is 9.54 Å². The zero-order valence-electron chi connectivity index (χ0n) is 7.17. The molecule has 2 aliphatic heterocycles. The van der Waals surface area contributed by atoms with Crippen LogP contribution in [0.3, 0.4) is 0 Å². The van der Waals surface area contributed by atoms with Crippen LogP contribution in [0.1, 0.15) is 6.42 Å². The lowest BCUT2D eigenvalue weighted by Crippen LogP contribution is -2.33. The van der Waals surface area contributed by atoms with E-state index in [1.54, 1.807) is 0 Å². The predicted molar refractivity (Wildman–Crippen MR) is 54.8 cm³/mol. The quantitative estimate of drug-likeness (QED) is 0.558. The van der Waals surface area contributed by atoms with Gasteiger partial charge in [0, 0.05) is 0 Å². The highest BCUT2D eigenvalue weighted by atomic mass is 32.3. The Morgan fingerprint density at radius 3 is 2.80 bits per heavy atom. The lowest BCUT2D eigenvalue weighted by atomic mass is 10.3. The number of nitrogens with two attached hydrogens (primary N) is 1. The van der Waals surface area contributed by atoms with Crippen LogP contribution in [0.4, 0.5) is 0 Å². The number of thioether (sulfide) groups is 1. The number of carbonyl (C=O) groups excluding carboxylic acids is 1. The maximum atomic E-state index is 11.0. The lowest BCUT2D eigenvalue weighted by Gasteiger charge is -2.16. The Morgan fingerprint density at radius 1 is 1.53 bits per heavy atom. The summed E-state index contributed by atoms with van der Waals surface area (Å²) >= 11 is 0.660. The van der Waals surface area contributed by atoms with Gasteiger partial charge < -0.3 is 0 Å². The molecule has 0 radical (unpaired) electrons. The molecular formula is C5H5N5O3S2. The van der Waals surface area contributed by atoms with Crippen molar-refractivity contribution < 1.29 is 13.2 Å². The highest BCUT2D eigenvalue weighted by Gasteiger charge is 2.36. The smallest absolute Gasteiger partial charge is 0.264 e. The summed E-state index contributed by atoms with van der Waals surface area (Å²) in [6.07, 6.45) is -0.189. The standard InChI is InChI=1S/C5H5N5O3S2/c6-2-1-3(11)8-4-10(2)9-5(14-4)15(7,12)13/h6H,1H2,(H2,7,12,13). The average Bonchev–Trinajstić information content (AvgIpc) is 2.46. The Hall–Kier alpha value is -1.26. The summed E-state index contributed by atoms with van der Waals surface area (Å²) in [5.41, 5.74) is 0. The van der Waals surface area contributed by atoms with E-state index in [4.69, 9.17) is 10.5 Å². The number of nitrogens with zero attached hydrogens (tertiary/aromatic N) is 3. The maximum absolute atomic E-state index is 11.0. The summed E-state index contributed by atoms with van der Waals surface area (Å²) in [7, 11) is -3.92. The van der Waals surface area contributed by atoms with Gasteiger partial charge in [-0.05, 0) is 11.8 Å². The second kappa shape index (κ2) is 3.12. The molecule has 0 aromatic heterocycles. The number of hydrazone groups is 1. The van der Waals surface area contributed by atoms with Crippen molar-refractivity contribution in [1.82, 2.24) is 5.01 Å². The molecule has 0 aromatic rings. The molecule has 2 aliphatic rings. The molecule has 2 rings (SSSR count). The first kappa shape index (κ1) is 10.3. The highest BCUT2D eigenvalue weighted by Crippen LogP contribution is 2.26.